The number of carboxylic acid groups (broad SMARTS) is 1. The fourth-order valence-electron chi connectivity index (χ4n) is 5.02. The summed E-state index contributed by atoms with van der Waals surface area (Å²) in [6.45, 7) is 5.18. The van der Waals surface area contributed by atoms with E-state index in [-0.39, 0.29) is 0 Å². The maximum absolute atomic E-state index is 11.1. The number of hydrazine groups is 1. The van der Waals surface area contributed by atoms with Crippen molar-refractivity contribution < 1.29 is 9.90 Å². The highest BCUT2D eigenvalue weighted by molar-refractivity contribution is 5.98. The maximum Gasteiger partial charge on any atom is 0.303 e. The van der Waals surface area contributed by atoms with Crippen LogP contribution in [0.15, 0.2) is 11.4 Å². The smallest absolute Gasteiger partial charge is 0.303 e. The van der Waals surface area contributed by atoms with Crippen LogP contribution in [0.5, 0.6) is 0 Å². The lowest BCUT2D eigenvalue weighted by Gasteiger charge is -2.55. The van der Waals surface area contributed by atoms with Crippen LogP contribution in [0.3, 0.4) is 0 Å². The van der Waals surface area contributed by atoms with E-state index in [1.807, 2.05) is 0 Å². The first-order valence-corrected chi connectivity index (χ1v) is 9.84. The lowest BCUT2D eigenvalue weighted by atomic mass is 9.60. The van der Waals surface area contributed by atoms with Crippen LogP contribution in [-0.4, -0.2) is 52.4 Å². The second kappa shape index (κ2) is 6.63. The summed E-state index contributed by atoms with van der Waals surface area (Å²) in [7, 11) is 0. The first kappa shape index (κ1) is 16.9. The van der Waals surface area contributed by atoms with Crippen molar-refractivity contribution >= 4 is 11.7 Å². The fraction of sp³-hybridized carbons (Fsp3) is 0.789. The third-order valence-corrected chi connectivity index (χ3v) is 6.78. The number of allylic oxidation sites excluding steroid dienone is 1. The zero-order valence-electron chi connectivity index (χ0n) is 15.1. The van der Waals surface area contributed by atoms with Gasteiger partial charge in [-0.2, -0.15) is 0 Å². The molecule has 2 saturated carbocycles. The highest BCUT2D eigenvalue weighted by atomic mass is 16.4. The molecule has 5 rings (SSSR count). The van der Waals surface area contributed by atoms with Crippen molar-refractivity contribution in [1.82, 2.24) is 15.3 Å². The van der Waals surface area contributed by atoms with Gasteiger partial charge in [0.25, 0.3) is 0 Å². The highest BCUT2D eigenvalue weighted by Gasteiger charge is 2.48. The molecule has 3 atom stereocenters. The summed E-state index contributed by atoms with van der Waals surface area (Å²) < 4.78 is 0. The standard InChI is InChI=1S/C19H30N4O2/c1-12-6-7-23(12)21-19(15-4-2-3-5-17(15)20)22-10-13-8-14(11-22)16(13)9-18(24)25/h12-14,16,20-21H,2-11H2,1H3,(H,24,25)/b19-15+,20-17?. The van der Waals surface area contributed by atoms with E-state index in [9.17, 15) is 4.79 Å². The molecule has 0 aromatic rings. The minimum Gasteiger partial charge on any atom is -0.481 e. The molecule has 5 fully saturated rings. The topological polar surface area (TPSA) is 79.7 Å². The van der Waals surface area contributed by atoms with Gasteiger partial charge in [-0.25, -0.2) is 5.01 Å². The molecule has 0 amide bonds. The number of aliphatic carboxylic acids is 1. The fourth-order valence-corrected chi connectivity index (χ4v) is 5.02. The molecule has 6 heteroatoms. The van der Waals surface area contributed by atoms with Crippen LogP contribution in [0.25, 0.3) is 0 Å². The molecule has 0 radical (unpaired) electrons. The third-order valence-electron chi connectivity index (χ3n) is 6.78. The second-order valence-electron chi connectivity index (χ2n) is 8.38. The molecule has 3 heterocycles. The van der Waals surface area contributed by atoms with Gasteiger partial charge < -0.3 is 20.8 Å². The summed E-state index contributed by atoms with van der Waals surface area (Å²) in [6, 6.07) is 0.549. The van der Waals surface area contributed by atoms with Gasteiger partial charge in [0.1, 0.15) is 5.82 Å². The van der Waals surface area contributed by atoms with Crippen LogP contribution in [0, 0.1) is 23.2 Å². The van der Waals surface area contributed by atoms with E-state index in [1.165, 1.54) is 24.8 Å². The maximum atomic E-state index is 11.1. The molecule has 138 valence electrons. The Labute approximate surface area is 149 Å². The number of nitrogens with one attached hydrogen (secondary N) is 2. The number of piperidine rings is 2. The Morgan fingerprint density at radius 2 is 2.00 bits per heavy atom. The lowest BCUT2D eigenvalue weighted by Crippen LogP contribution is -2.60. The molecular weight excluding hydrogens is 316 g/mol. The average molecular weight is 346 g/mol. The highest BCUT2D eigenvalue weighted by Crippen LogP contribution is 2.48. The first-order chi connectivity index (χ1) is 12.0. The molecule has 0 aromatic carbocycles. The Balaban J connectivity index is 1.52. The van der Waals surface area contributed by atoms with Crippen molar-refractivity contribution in [2.75, 3.05) is 19.6 Å². The third kappa shape index (κ3) is 3.16. The van der Waals surface area contributed by atoms with Crippen LogP contribution in [0.1, 0.15) is 51.9 Å². The van der Waals surface area contributed by atoms with E-state index < -0.39 is 5.97 Å². The largest absolute Gasteiger partial charge is 0.481 e. The summed E-state index contributed by atoms with van der Waals surface area (Å²) in [6.07, 6.45) is 6.89. The molecule has 25 heavy (non-hydrogen) atoms. The number of hydrogen-bond donors (Lipinski definition) is 3. The Hall–Kier alpha value is -1.56. The molecular formula is C19H30N4O2. The molecule has 0 spiro atoms. The van der Waals surface area contributed by atoms with Crippen LogP contribution in [-0.2, 0) is 4.79 Å². The second-order valence-corrected chi connectivity index (χ2v) is 8.38. The number of carbonyl (C=O) groups is 1. The van der Waals surface area contributed by atoms with Gasteiger partial charge in [0.05, 0.1) is 0 Å². The van der Waals surface area contributed by atoms with Gasteiger partial charge in [0.15, 0.2) is 0 Å². The Morgan fingerprint density at radius 3 is 2.56 bits per heavy atom. The predicted octanol–water partition coefficient (Wildman–Crippen LogP) is 2.43. The molecule has 3 N–H and O–H groups in total. The summed E-state index contributed by atoms with van der Waals surface area (Å²) in [5, 5.41) is 19.9. The molecule has 6 nitrogen and oxygen atoms in total. The monoisotopic (exact) mass is 346 g/mol. The van der Waals surface area contributed by atoms with Gasteiger partial charge in [-0.05, 0) is 63.2 Å². The Morgan fingerprint density at radius 1 is 1.28 bits per heavy atom. The van der Waals surface area contributed by atoms with Crippen molar-refractivity contribution in [2.24, 2.45) is 17.8 Å². The van der Waals surface area contributed by atoms with Gasteiger partial charge in [0.2, 0.25) is 0 Å². The summed E-state index contributed by atoms with van der Waals surface area (Å²) in [4.78, 5) is 13.5. The van der Waals surface area contributed by atoms with Crippen molar-refractivity contribution in [1.29, 1.82) is 5.41 Å². The number of carboxylic acids is 1. The quantitative estimate of drug-likeness (QED) is 0.712. The SMILES string of the molecule is CC1CCN1N/C(=C1/CCCCC1=N)N1CC2CC(C1)C2CC(=O)O. The molecule has 2 aliphatic carbocycles. The van der Waals surface area contributed by atoms with Gasteiger partial charge in [-0.15, -0.1) is 0 Å². The zero-order valence-corrected chi connectivity index (χ0v) is 15.1. The number of hydrogen-bond acceptors (Lipinski definition) is 5. The van der Waals surface area contributed by atoms with Crippen molar-refractivity contribution in [3.8, 4) is 0 Å². The van der Waals surface area contributed by atoms with E-state index >= 15 is 0 Å². The number of rotatable bonds is 5. The minimum absolute atomic E-state index is 0.321. The molecule has 3 aliphatic heterocycles. The van der Waals surface area contributed by atoms with Crippen molar-refractivity contribution in [2.45, 2.75) is 57.9 Å². The van der Waals surface area contributed by atoms with Crippen LogP contribution >= 0.6 is 0 Å². The van der Waals surface area contributed by atoms with E-state index in [0.29, 0.717) is 30.2 Å². The van der Waals surface area contributed by atoms with E-state index in [2.05, 4.69) is 22.3 Å². The summed E-state index contributed by atoms with van der Waals surface area (Å²) in [5.41, 5.74) is 5.64. The molecule has 5 aliphatic rings. The summed E-state index contributed by atoms with van der Waals surface area (Å²) in [5.74, 6) is 1.85. The van der Waals surface area contributed by atoms with E-state index in [0.717, 1.165) is 50.4 Å². The molecule has 2 bridgehead atoms. The van der Waals surface area contributed by atoms with Crippen LogP contribution in [0.4, 0.5) is 0 Å². The van der Waals surface area contributed by atoms with E-state index in [4.69, 9.17) is 10.5 Å². The van der Waals surface area contributed by atoms with Crippen LogP contribution < -0.4 is 5.43 Å². The van der Waals surface area contributed by atoms with Gasteiger partial charge in [-0.1, -0.05) is 0 Å². The van der Waals surface area contributed by atoms with Crippen molar-refractivity contribution in [3.63, 3.8) is 0 Å². The average Bonchev–Trinajstić information content (AvgIpc) is 2.60. The Bertz CT molecular complexity index is 590. The normalized spacial score (nSPS) is 37.2. The van der Waals surface area contributed by atoms with E-state index in [1.54, 1.807) is 0 Å². The molecule has 3 unspecified atom stereocenters. The predicted molar refractivity (Wildman–Crippen MR) is 96.1 cm³/mol. The number of nitrogens with zero attached hydrogens (tertiary/aromatic N) is 2. The van der Waals surface area contributed by atoms with Gasteiger partial charge >= 0.3 is 5.97 Å². The lowest BCUT2D eigenvalue weighted by molar-refractivity contribution is -0.143. The molecule has 3 saturated heterocycles. The summed E-state index contributed by atoms with van der Waals surface area (Å²) >= 11 is 0. The van der Waals surface area contributed by atoms with Crippen LogP contribution in [0.2, 0.25) is 0 Å². The Kier molecular flexibility index (Phi) is 4.48. The zero-order chi connectivity index (χ0) is 17.6. The van der Waals surface area contributed by atoms with Crippen molar-refractivity contribution in [3.05, 3.63) is 11.4 Å². The number of fused-ring (bicyclic) bond motifs is 2. The van der Waals surface area contributed by atoms with Gasteiger partial charge in [0, 0.05) is 43.4 Å². The molecule has 0 aromatic heterocycles. The minimum atomic E-state index is -0.659. The van der Waals surface area contributed by atoms with Gasteiger partial charge in [-0.3, -0.25) is 4.79 Å². The first-order valence-electron chi connectivity index (χ1n) is 9.84.